The molecule has 9 heteroatoms. The van der Waals surface area contributed by atoms with Crippen molar-refractivity contribution in [2.45, 2.75) is 84.1 Å². The van der Waals surface area contributed by atoms with Gasteiger partial charge in [0.2, 0.25) is 0 Å². The van der Waals surface area contributed by atoms with Crippen molar-refractivity contribution in [1.82, 2.24) is 10.2 Å². The highest BCUT2D eigenvalue weighted by Crippen LogP contribution is 2.19. The summed E-state index contributed by atoms with van der Waals surface area (Å²) in [5.74, 6) is -2.04. The molecule has 220 valence electrons. The molecular weight excluding hydrogens is 516 g/mol. The minimum atomic E-state index is -1.01. The number of aryl methyl sites for hydroxylation is 1. The second-order valence-electron chi connectivity index (χ2n) is 10.7. The molecule has 0 bridgehead atoms. The molecule has 2 aromatic carbocycles. The van der Waals surface area contributed by atoms with E-state index in [1.165, 1.54) is 12.1 Å². The van der Waals surface area contributed by atoms with Crippen LogP contribution in [-0.2, 0) is 11.2 Å². The van der Waals surface area contributed by atoms with Crippen LogP contribution in [0, 0.1) is 18.6 Å². The highest BCUT2D eigenvalue weighted by atomic mass is 19.1. The normalized spacial score (nSPS) is 18.7. The van der Waals surface area contributed by atoms with E-state index in [0.717, 1.165) is 37.4 Å². The molecule has 0 saturated carbocycles. The van der Waals surface area contributed by atoms with Crippen LogP contribution in [0.3, 0.4) is 0 Å². The zero-order valence-corrected chi connectivity index (χ0v) is 24.1. The average Bonchev–Trinajstić information content (AvgIpc) is 2.91. The number of quaternary nitrogens is 1. The van der Waals surface area contributed by atoms with Gasteiger partial charge in [-0.15, -0.1) is 0 Å². The van der Waals surface area contributed by atoms with E-state index < -0.39 is 29.7 Å². The Bertz CT molecular complexity index is 1120. The fourth-order valence-electron chi connectivity index (χ4n) is 5.54. The molecular formula is C31H44F2N3O4+. The minimum absolute atomic E-state index is 0.00264. The molecule has 4 N–H and O–H groups in total. The van der Waals surface area contributed by atoms with Gasteiger partial charge >= 0.3 is 0 Å². The first kappa shape index (κ1) is 31.6. The molecule has 1 heterocycles. The molecule has 2 aromatic rings. The van der Waals surface area contributed by atoms with Gasteiger partial charge < -0.3 is 25.4 Å². The quantitative estimate of drug-likeness (QED) is 0.350. The van der Waals surface area contributed by atoms with Crippen LogP contribution in [-0.4, -0.2) is 72.4 Å². The molecule has 0 spiro atoms. The highest BCUT2D eigenvalue weighted by Gasteiger charge is 2.36. The predicted octanol–water partition coefficient (Wildman–Crippen LogP) is 3.37. The molecule has 3 rings (SSSR count). The Labute approximate surface area is 236 Å². The first-order valence-electron chi connectivity index (χ1n) is 14.4. The van der Waals surface area contributed by atoms with Crippen molar-refractivity contribution >= 4 is 11.8 Å². The zero-order chi connectivity index (χ0) is 29.2. The Balaban J connectivity index is 1.87. The molecule has 4 atom stereocenters. The summed E-state index contributed by atoms with van der Waals surface area (Å²) in [4.78, 5) is 28.6. The number of piperidine rings is 1. The van der Waals surface area contributed by atoms with Gasteiger partial charge in [0.1, 0.15) is 23.8 Å². The third-order valence-electron chi connectivity index (χ3n) is 7.30. The summed E-state index contributed by atoms with van der Waals surface area (Å²) in [6, 6.07) is 7.16. The summed E-state index contributed by atoms with van der Waals surface area (Å²) in [5, 5.41) is 16.4. The van der Waals surface area contributed by atoms with Crippen LogP contribution in [0.2, 0.25) is 0 Å². The summed E-state index contributed by atoms with van der Waals surface area (Å²) in [7, 11) is 0. The number of amides is 2. The number of halogens is 2. The molecule has 0 aliphatic carbocycles. The maximum Gasteiger partial charge on any atom is 0.253 e. The number of hydrogen-bond acceptors (Lipinski definition) is 4. The van der Waals surface area contributed by atoms with E-state index in [1.54, 1.807) is 23.1 Å². The lowest BCUT2D eigenvalue weighted by Gasteiger charge is -2.34. The van der Waals surface area contributed by atoms with E-state index in [0.29, 0.717) is 42.8 Å². The standard InChI is InChI=1S/C31H43F2N3O4/c1-5-10-36(11-6-2)31(39)23-13-20(4)12-22(17-23)30(38)35-28(16-21-14-24(32)18-25(33)15-21)29(37)27-19-26(40-7-3)8-9-34-27/h12-15,17-18,26-29,34,37H,5-11,16,19H2,1-4H3,(H,35,38)/p+1/t26-,27+,28-,29+/m0/s1. The summed E-state index contributed by atoms with van der Waals surface area (Å²) in [5.41, 5.74) is 1.80. The third kappa shape index (κ3) is 8.81. The van der Waals surface area contributed by atoms with E-state index in [-0.39, 0.29) is 24.5 Å². The molecule has 0 unspecified atom stereocenters. The van der Waals surface area contributed by atoms with E-state index in [9.17, 15) is 23.5 Å². The maximum atomic E-state index is 14.0. The number of benzene rings is 2. The smallest absolute Gasteiger partial charge is 0.253 e. The number of ether oxygens (including phenoxy) is 1. The van der Waals surface area contributed by atoms with Gasteiger partial charge in [0.25, 0.3) is 11.8 Å². The molecule has 40 heavy (non-hydrogen) atoms. The number of rotatable bonds is 13. The minimum Gasteiger partial charge on any atom is -0.385 e. The lowest BCUT2D eigenvalue weighted by atomic mass is 9.90. The first-order chi connectivity index (χ1) is 19.1. The Morgan fingerprint density at radius 2 is 1.70 bits per heavy atom. The Hall–Kier alpha value is -2.88. The van der Waals surface area contributed by atoms with Crippen LogP contribution in [0.15, 0.2) is 36.4 Å². The number of nitrogens with one attached hydrogen (secondary N) is 1. The van der Waals surface area contributed by atoms with E-state index >= 15 is 0 Å². The summed E-state index contributed by atoms with van der Waals surface area (Å²) >= 11 is 0. The lowest BCUT2D eigenvalue weighted by Crippen LogP contribution is -2.95. The van der Waals surface area contributed by atoms with Gasteiger partial charge in [-0.2, -0.15) is 0 Å². The van der Waals surface area contributed by atoms with Crippen molar-refractivity contribution in [3.63, 3.8) is 0 Å². The molecule has 0 aromatic heterocycles. The molecule has 2 amide bonds. The first-order valence-corrected chi connectivity index (χ1v) is 14.4. The van der Waals surface area contributed by atoms with Gasteiger partial charge in [-0.1, -0.05) is 13.8 Å². The number of carbonyl (C=O) groups is 2. The SMILES string of the molecule is CCCN(CCC)C(=O)c1cc(C)cc(C(=O)N[C@@H](Cc2cc(F)cc(F)c2)[C@H](O)[C@H]2C[C@@H](OCC)CC[NH2+]2)c1. The summed E-state index contributed by atoms with van der Waals surface area (Å²) in [6.07, 6.45) is 2.12. The number of nitrogens with two attached hydrogens (primary N) is 1. The second kappa shape index (κ2) is 15.2. The fraction of sp³-hybridized carbons (Fsp3) is 0.548. The van der Waals surface area contributed by atoms with Gasteiger partial charge in [-0.3, -0.25) is 9.59 Å². The monoisotopic (exact) mass is 560 g/mol. The predicted molar refractivity (Wildman–Crippen MR) is 150 cm³/mol. The van der Waals surface area contributed by atoms with Crippen molar-refractivity contribution in [3.8, 4) is 0 Å². The second-order valence-corrected chi connectivity index (χ2v) is 10.7. The molecule has 1 aliphatic heterocycles. The lowest BCUT2D eigenvalue weighted by molar-refractivity contribution is -0.707. The molecule has 1 fully saturated rings. The van der Waals surface area contributed by atoms with Crippen molar-refractivity contribution in [1.29, 1.82) is 0 Å². The van der Waals surface area contributed by atoms with Crippen LogP contribution in [0.1, 0.15) is 78.3 Å². The number of aliphatic hydroxyl groups excluding tert-OH is 1. The Morgan fingerprint density at radius 3 is 2.33 bits per heavy atom. The van der Waals surface area contributed by atoms with Crippen LogP contribution < -0.4 is 10.6 Å². The number of nitrogens with zero attached hydrogens (tertiary/aromatic N) is 1. The van der Waals surface area contributed by atoms with Crippen LogP contribution in [0.25, 0.3) is 0 Å². The van der Waals surface area contributed by atoms with Crippen molar-refractivity contribution in [2.24, 2.45) is 0 Å². The molecule has 0 radical (unpaired) electrons. The summed E-state index contributed by atoms with van der Waals surface area (Å²) in [6.45, 7) is 10.4. The van der Waals surface area contributed by atoms with Crippen LogP contribution >= 0.6 is 0 Å². The van der Waals surface area contributed by atoms with Crippen molar-refractivity contribution in [2.75, 3.05) is 26.2 Å². The zero-order valence-electron chi connectivity index (χ0n) is 24.1. The van der Waals surface area contributed by atoms with Crippen LogP contribution in [0.5, 0.6) is 0 Å². The van der Waals surface area contributed by atoms with E-state index in [1.807, 2.05) is 33.0 Å². The fourth-order valence-corrected chi connectivity index (χ4v) is 5.54. The van der Waals surface area contributed by atoms with Crippen molar-refractivity contribution in [3.05, 3.63) is 70.3 Å². The van der Waals surface area contributed by atoms with Gasteiger partial charge in [0.05, 0.1) is 18.7 Å². The van der Waals surface area contributed by atoms with Crippen molar-refractivity contribution < 1.29 is 33.5 Å². The topological polar surface area (TPSA) is 95.5 Å². The van der Waals surface area contributed by atoms with E-state index in [2.05, 4.69) is 5.32 Å². The molecule has 1 aliphatic rings. The number of hydrogen-bond donors (Lipinski definition) is 3. The highest BCUT2D eigenvalue weighted by molar-refractivity contribution is 6.00. The van der Waals surface area contributed by atoms with Gasteiger partial charge in [-0.05, 0) is 74.6 Å². The number of aliphatic hydroxyl groups is 1. The Morgan fingerprint density at radius 1 is 1.05 bits per heavy atom. The third-order valence-corrected chi connectivity index (χ3v) is 7.30. The largest absolute Gasteiger partial charge is 0.385 e. The van der Waals surface area contributed by atoms with Crippen LogP contribution in [0.4, 0.5) is 8.78 Å². The van der Waals surface area contributed by atoms with Gasteiger partial charge in [-0.25, -0.2) is 8.78 Å². The summed E-state index contributed by atoms with van der Waals surface area (Å²) < 4.78 is 33.8. The van der Waals surface area contributed by atoms with E-state index in [4.69, 9.17) is 4.74 Å². The van der Waals surface area contributed by atoms with Gasteiger partial charge in [0.15, 0.2) is 0 Å². The maximum absolute atomic E-state index is 14.0. The van der Waals surface area contributed by atoms with Gasteiger partial charge in [0, 0.05) is 49.7 Å². The molecule has 1 saturated heterocycles. The number of carbonyl (C=O) groups excluding carboxylic acids is 2. The Kier molecular flexibility index (Phi) is 12.0. The average molecular weight is 561 g/mol. The molecule has 7 nitrogen and oxygen atoms in total.